The van der Waals surface area contributed by atoms with Crippen LogP contribution in [-0.4, -0.2) is 109 Å². The van der Waals surface area contributed by atoms with Gasteiger partial charge in [-0.3, -0.25) is 18.1 Å². The smallest absolute Gasteiger partial charge is 0.389 e. The molecule has 0 bridgehead atoms. The zero-order valence-corrected chi connectivity index (χ0v) is 27.4. The van der Waals surface area contributed by atoms with Crippen molar-refractivity contribution in [3.63, 3.8) is 0 Å². The number of nitrogens with zero attached hydrogens (tertiary/aromatic N) is 5. The summed E-state index contributed by atoms with van der Waals surface area (Å²) in [4.78, 5) is 50.8. The van der Waals surface area contributed by atoms with Crippen LogP contribution in [0.4, 0.5) is 5.82 Å². The van der Waals surface area contributed by atoms with Gasteiger partial charge in [0.2, 0.25) is 0 Å². The number of pyridine rings is 1. The molecule has 11 N–H and O–H groups in total. The second kappa shape index (κ2) is 14.1. The maximum absolute atomic E-state index is 12.6. The topological polar surface area (TPSA) is 348 Å². The predicted molar refractivity (Wildman–Crippen MR) is 158 cm³/mol. The van der Waals surface area contributed by atoms with E-state index in [0.29, 0.717) is 5.56 Å². The van der Waals surface area contributed by atoms with E-state index in [-0.39, 0.29) is 22.0 Å². The Morgan fingerprint density at radius 3 is 2.25 bits per heavy atom. The number of fused-ring (bicyclic) bond motifs is 1. The number of hydrogen-bond acceptors (Lipinski definition) is 17. The average Bonchev–Trinajstić information content (AvgIpc) is 3.64. The van der Waals surface area contributed by atoms with Crippen molar-refractivity contribution in [3.8, 4) is 0 Å². The van der Waals surface area contributed by atoms with Gasteiger partial charge in [0, 0.05) is 6.07 Å². The Kier molecular flexibility index (Phi) is 10.8. The molecule has 0 amide bonds. The number of nitrogens with two attached hydrogens (primary N) is 2. The molecule has 0 radical (unpaired) electrons. The van der Waals surface area contributed by atoms with E-state index in [1.807, 2.05) is 0 Å². The van der Waals surface area contributed by atoms with Gasteiger partial charge in [0.25, 0.3) is 6.23 Å². The lowest BCUT2D eigenvalue weighted by Crippen LogP contribution is -2.46. The summed E-state index contributed by atoms with van der Waals surface area (Å²) in [6, 6.07) is 3.13. The van der Waals surface area contributed by atoms with E-state index in [1.165, 1.54) is 17.0 Å². The van der Waals surface area contributed by atoms with E-state index in [0.717, 1.165) is 17.2 Å². The fourth-order valence-corrected chi connectivity index (χ4v) is 7.59. The first-order chi connectivity index (χ1) is 22.4. The molecule has 5 unspecified atom stereocenters. The van der Waals surface area contributed by atoms with Crippen molar-refractivity contribution in [2.45, 2.75) is 49.1 Å². The van der Waals surface area contributed by atoms with Crippen LogP contribution < -0.4 is 16.0 Å². The fourth-order valence-electron chi connectivity index (χ4n) is 4.83. The Balaban J connectivity index is 1.21. The van der Waals surface area contributed by atoms with Crippen molar-refractivity contribution < 1.29 is 80.5 Å². The summed E-state index contributed by atoms with van der Waals surface area (Å²) in [5, 5.41) is 31.6. The van der Waals surface area contributed by atoms with Crippen LogP contribution in [0.2, 0.25) is 0 Å². The first-order valence-electron chi connectivity index (χ1n) is 13.3. The molecule has 0 aromatic carbocycles. The summed E-state index contributed by atoms with van der Waals surface area (Å²) in [5.41, 5.74) is 11.9. The maximum Gasteiger partial charge on any atom is 0.481 e. The van der Waals surface area contributed by atoms with Crippen LogP contribution >= 0.6 is 35.7 Å². The Hall–Kier alpha value is -2.44. The molecule has 264 valence electrons. The van der Waals surface area contributed by atoms with Gasteiger partial charge in [-0.15, -0.1) is 0 Å². The van der Waals surface area contributed by atoms with Crippen molar-refractivity contribution in [2.24, 2.45) is 5.73 Å². The third kappa shape index (κ3) is 8.29. The van der Waals surface area contributed by atoms with Gasteiger partial charge >= 0.3 is 23.5 Å². The summed E-state index contributed by atoms with van der Waals surface area (Å²) in [7, 11) is -16.2. The van der Waals surface area contributed by atoms with Crippen molar-refractivity contribution >= 4 is 57.7 Å². The Morgan fingerprint density at radius 2 is 1.62 bits per heavy atom. The lowest BCUT2D eigenvalue weighted by molar-refractivity contribution is -0.765. The summed E-state index contributed by atoms with van der Waals surface area (Å²) < 4.78 is 68.7. The molecular weight excluding hydrogens is 731 g/mol. The molecule has 5 rings (SSSR count). The molecule has 23 nitrogen and oxygen atoms in total. The minimum atomic E-state index is -5.50. The van der Waals surface area contributed by atoms with Crippen LogP contribution in [0, 0.1) is 0 Å². The summed E-state index contributed by atoms with van der Waals surface area (Å²) in [6.45, 7) is -1.98. The largest absolute Gasteiger partial charge is 0.481 e. The average molecular weight is 760 g/mol. The van der Waals surface area contributed by atoms with Gasteiger partial charge in [-0.05, 0) is 6.07 Å². The number of nitrogen functional groups attached to an aromatic ring is 1. The monoisotopic (exact) mass is 760 g/mol. The van der Waals surface area contributed by atoms with Crippen molar-refractivity contribution in [3.05, 3.63) is 42.7 Å². The molecule has 0 spiro atoms. The van der Waals surface area contributed by atoms with Crippen LogP contribution in [0.5, 0.6) is 0 Å². The molecule has 48 heavy (non-hydrogen) atoms. The number of thiocarbonyl (C=S) groups is 1. The number of phosphoric ester groups is 3. The highest BCUT2D eigenvalue weighted by atomic mass is 32.1. The van der Waals surface area contributed by atoms with E-state index in [9.17, 15) is 48.6 Å². The van der Waals surface area contributed by atoms with Crippen LogP contribution in [0.3, 0.4) is 0 Å². The van der Waals surface area contributed by atoms with Gasteiger partial charge < -0.3 is 55.8 Å². The van der Waals surface area contributed by atoms with Gasteiger partial charge in [0.1, 0.15) is 47.4 Å². The number of aromatic nitrogens is 5. The molecule has 5 heterocycles. The lowest BCUT2D eigenvalue weighted by atomic mass is 10.1. The molecule has 0 saturated carbocycles. The SMILES string of the molecule is NC(=S)c1ccc[n+]([C@@H]2O[C@@H](COP(=O)(O)OP(=O)(O)OC[C@H]3O[C@@H](n4cnc5c(N)ncnc54)C(OP(=O)(O)O)[C@H]3O)C(O)C2O)c1. The van der Waals surface area contributed by atoms with E-state index >= 15 is 0 Å². The third-order valence-electron chi connectivity index (χ3n) is 6.98. The number of ether oxygens (including phenoxy) is 2. The van der Waals surface area contributed by atoms with Crippen molar-refractivity contribution in [2.75, 3.05) is 18.9 Å². The number of aliphatic hydroxyl groups is 3. The zero-order valence-electron chi connectivity index (χ0n) is 23.9. The molecular formula is C21H29N7O16P3S+. The van der Waals surface area contributed by atoms with Crippen molar-refractivity contribution in [1.29, 1.82) is 0 Å². The van der Waals surface area contributed by atoms with Gasteiger partial charge in [-0.1, -0.05) is 12.2 Å². The predicted octanol–water partition coefficient (Wildman–Crippen LogP) is -2.36. The second-order valence-corrected chi connectivity index (χ2v) is 14.9. The number of rotatable bonds is 13. The quantitative estimate of drug-likeness (QED) is 0.0499. The molecule has 2 fully saturated rings. The molecule has 2 saturated heterocycles. The number of aliphatic hydroxyl groups excluding tert-OH is 3. The summed E-state index contributed by atoms with van der Waals surface area (Å²) >= 11 is 4.92. The standard InChI is InChI=1S/C21H28N7O16P3S/c22-17-12-19(25-7-24-17)28(8-26-12)21-16(43-45(32,33)34)14(30)11(42-21)6-40-47(37,38)44-46(35,36)39-5-10-13(29)15(31)20(41-10)27-3-1-2-9(4-27)18(23)48/h1-4,7-8,10-11,13-16,20-21,29-31H,5-6H2,(H7-,22,23,24,25,32,33,34,35,36,37,38,48)/p+1/t10-,11+,13?,14-,15?,16?,20+,21+/m0/s1. The lowest BCUT2D eigenvalue weighted by Gasteiger charge is -2.22. The Labute approximate surface area is 274 Å². The summed E-state index contributed by atoms with van der Waals surface area (Å²) in [6.07, 6.45) is -7.76. The van der Waals surface area contributed by atoms with Crippen molar-refractivity contribution in [1.82, 2.24) is 19.5 Å². The van der Waals surface area contributed by atoms with Crippen LogP contribution in [0.15, 0.2) is 37.2 Å². The maximum atomic E-state index is 12.6. The van der Waals surface area contributed by atoms with E-state index in [1.54, 1.807) is 12.1 Å². The summed E-state index contributed by atoms with van der Waals surface area (Å²) in [5.74, 6) is -0.0510. The zero-order chi connectivity index (χ0) is 35.2. The highest BCUT2D eigenvalue weighted by Gasteiger charge is 2.51. The number of anilines is 1. The Bertz CT molecular complexity index is 1820. The van der Waals surface area contributed by atoms with Gasteiger partial charge in [0.05, 0.1) is 25.1 Å². The van der Waals surface area contributed by atoms with Crippen LogP contribution in [0.25, 0.3) is 11.2 Å². The molecule has 2 aliphatic heterocycles. The number of phosphoric acid groups is 3. The van der Waals surface area contributed by atoms with Gasteiger partial charge in [0.15, 0.2) is 36.2 Å². The van der Waals surface area contributed by atoms with E-state index in [4.69, 9.17) is 46.7 Å². The molecule has 2 aliphatic rings. The molecule has 10 atom stereocenters. The van der Waals surface area contributed by atoms with Gasteiger partial charge in [-0.25, -0.2) is 28.6 Å². The first-order valence-corrected chi connectivity index (χ1v) is 18.3. The normalized spacial score (nSPS) is 30.3. The molecule has 27 heteroatoms. The van der Waals surface area contributed by atoms with Gasteiger partial charge in [-0.2, -0.15) is 8.88 Å². The highest BCUT2D eigenvalue weighted by molar-refractivity contribution is 7.80. The second-order valence-electron chi connectivity index (χ2n) is 10.3. The highest BCUT2D eigenvalue weighted by Crippen LogP contribution is 2.61. The number of imidazole rings is 1. The number of hydrogen-bond donors (Lipinski definition) is 9. The molecule has 3 aromatic heterocycles. The Morgan fingerprint density at radius 1 is 0.979 bits per heavy atom. The van der Waals surface area contributed by atoms with Crippen LogP contribution in [-0.2, 0) is 41.1 Å². The molecule has 3 aromatic rings. The fraction of sp³-hybridized carbons (Fsp3) is 0.476. The minimum absolute atomic E-state index is 0.0112. The first kappa shape index (κ1) is 36.8. The molecule has 0 aliphatic carbocycles. The third-order valence-corrected chi connectivity index (χ3v) is 10.3. The van der Waals surface area contributed by atoms with E-state index < -0.39 is 85.8 Å². The van der Waals surface area contributed by atoms with Crippen LogP contribution in [0.1, 0.15) is 18.0 Å². The minimum Gasteiger partial charge on any atom is -0.389 e. The van der Waals surface area contributed by atoms with E-state index in [2.05, 4.69) is 19.3 Å².